The Hall–Kier alpha value is -2.27. The van der Waals surface area contributed by atoms with Crippen molar-refractivity contribution in [2.24, 2.45) is 0 Å². The molecular formula is C15H10ClF2N3. The number of nitrogens with one attached hydrogen (secondary N) is 1. The molecule has 1 heterocycles. The summed E-state index contributed by atoms with van der Waals surface area (Å²) in [5, 5.41) is 4.22. The van der Waals surface area contributed by atoms with Crippen LogP contribution in [-0.4, -0.2) is 17.0 Å². The van der Waals surface area contributed by atoms with Crippen molar-refractivity contribution < 1.29 is 8.78 Å². The molecule has 6 heteroatoms. The number of hydrogen-bond donors (Lipinski definition) is 1. The molecule has 0 unspecified atom stereocenters. The lowest BCUT2D eigenvalue weighted by Crippen LogP contribution is -2.00. The SMILES string of the molecule is CNc1nc(-c2ccc(F)cc2F)nc2ccc(Cl)cc12. The highest BCUT2D eigenvalue weighted by Gasteiger charge is 2.13. The summed E-state index contributed by atoms with van der Waals surface area (Å²) in [6, 6.07) is 8.46. The number of fused-ring (bicyclic) bond motifs is 1. The largest absolute Gasteiger partial charge is 0.373 e. The molecule has 0 saturated carbocycles. The molecule has 3 rings (SSSR count). The third kappa shape index (κ3) is 2.52. The average molecular weight is 306 g/mol. The van der Waals surface area contributed by atoms with E-state index in [1.165, 1.54) is 12.1 Å². The lowest BCUT2D eigenvalue weighted by Gasteiger charge is -2.09. The maximum atomic E-state index is 13.9. The Morgan fingerprint density at radius 2 is 1.86 bits per heavy atom. The first-order chi connectivity index (χ1) is 10.1. The molecule has 3 nitrogen and oxygen atoms in total. The standard InChI is InChI=1S/C15H10ClF2N3/c1-19-14-11-6-8(16)2-5-13(11)20-15(21-14)10-4-3-9(17)7-12(10)18/h2-7H,1H3,(H,19,20,21). The molecule has 0 aliphatic heterocycles. The molecule has 1 N–H and O–H groups in total. The van der Waals surface area contributed by atoms with Crippen LogP contribution in [0.25, 0.3) is 22.3 Å². The van der Waals surface area contributed by atoms with E-state index in [0.717, 1.165) is 11.5 Å². The van der Waals surface area contributed by atoms with E-state index in [2.05, 4.69) is 15.3 Å². The predicted molar refractivity (Wildman–Crippen MR) is 79.4 cm³/mol. The number of rotatable bonds is 2. The van der Waals surface area contributed by atoms with Gasteiger partial charge in [0.25, 0.3) is 0 Å². The van der Waals surface area contributed by atoms with E-state index < -0.39 is 11.6 Å². The molecule has 0 atom stereocenters. The van der Waals surface area contributed by atoms with Crippen molar-refractivity contribution in [3.8, 4) is 11.4 Å². The van der Waals surface area contributed by atoms with E-state index >= 15 is 0 Å². The molecule has 21 heavy (non-hydrogen) atoms. The van der Waals surface area contributed by atoms with E-state index in [0.29, 0.717) is 16.4 Å². The summed E-state index contributed by atoms with van der Waals surface area (Å²) < 4.78 is 26.9. The van der Waals surface area contributed by atoms with Crippen LogP contribution < -0.4 is 5.32 Å². The summed E-state index contributed by atoms with van der Waals surface area (Å²) in [6.07, 6.45) is 0. The van der Waals surface area contributed by atoms with E-state index in [4.69, 9.17) is 11.6 Å². The summed E-state index contributed by atoms with van der Waals surface area (Å²) in [5.41, 5.74) is 0.766. The van der Waals surface area contributed by atoms with E-state index in [1.54, 1.807) is 25.2 Å². The fourth-order valence-electron chi connectivity index (χ4n) is 2.08. The fourth-order valence-corrected chi connectivity index (χ4v) is 2.25. The molecule has 0 saturated heterocycles. The Bertz CT molecular complexity index is 837. The number of nitrogens with zero attached hydrogens (tertiary/aromatic N) is 2. The summed E-state index contributed by atoms with van der Waals surface area (Å²) in [5.74, 6) is -0.629. The molecule has 0 radical (unpaired) electrons. The Labute approximate surface area is 124 Å². The van der Waals surface area contributed by atoms with Crippen molar-refractivity contribution in [3.05, 3.63) is 53.1 Å². The summed E-state index contributed by atoms with van der Waals surface area (Å²) in [4.78, 5) is 8.59. The zero-order valence-electron chi connectivity index (χ0n) is 11.0. The van der Waals surface area contributed by atoms with Gasteiger partial charge in [-0.2, -0.15) is 0 Å². The second-order valence-corrected chi connectivity index (χ2v) is 4.87. The smallest absolute Gasteiger partial charge is 0.165 e. The van der Waals surface area contributed by atoms with Gasteiger partial charge in [-0.3, -0.25) is 0 Å². The topological polar surface area (TPSA) is 37.8 Å². The normalized spacial score (nSPS) is 10.9. The van der Waals surface area contributed by atoms with E-state index in [9.17, 15) is 8.78 Å². The van der Waals surface area contributed by atoms with Crippen LogP contribution in [0.4, 0.5) is 14.6 Å². The van der Waals surface area contributed by atoms with Crippen LogP contribution in [-0.2, 0) is 0 Å². The van der Waals surface area contributed by atoms with Gasteiger partial charge in [0, 0.05) is 23.5 Å². The van der Waals surface area contributed by atoms with Gasteiger partial charge < -0.3 is 5.32 Å². The Kier molecular flexibility index (Phi) is 3.43. The lowest BCUT2D eigenvalue weighted by molar-refractivity contribution is 0.585. The monoisotopic (exact) mass is 305 g/mol. The van der Waals surface area contributed by atoms with Crippen molar-refractivity contribution in [1.29, 1.82) is 0 Å². The van der Waals surface area contributed by atoms with Gasteiger partial charge in [-0.1, -0.05) is 11.6 Å². The molecule has 1 aromatic heterocycles. The Balaban J connectivity index is 2.26. The Morgan fingerprint density at radius 1 is 1.05 bits per heavy atom. The van der Waals surface area contributed by atoms with Crippen molar-refractivity contribution in [1.82, 2.24) is 9.97 Å². The minimum Gasteiger partial charge on any atom is -0.373 e. The van der Waals surface area contributed by atoms with E-state index in [1.807, 2.05) is 0 Å². The number of benzene rings is 2. The minimum atomic E-state index is -0.703. The zero-order valence-corrected chi connectivity index (χ0v) is 11.7. The van der Waals surface area contributed by atoms with Gasteiger partial charge in [0.15, 0.2) is 5.82 Å². The Morgan fingerprint density at radius 3 is 2.57 bits per heavy atom. The van der Waals surface area contributed by atoms with Gasteiger partial charge >= 0.3 is 0 Å². The van der Waals surface area contributed by atoms with Gasteiger partial charge in [0.1, 0.15) is 17.5 Å². The number of aromatic nitrogens is 2. The van der Waals surface area contributed by atoms with Crippen LogP contribution in [0.15, 0.2) is 36.4 Å². The first-order valence-corrected chi connectivity index (χ1v) is 6.57. The van der Waals surface area contributed by atoms with Gasteiger partial charge in [-0.05, 0) is 30.3 Å². The average Bonchev–Trinajstić information content (AvgIpc) is 2.46. The second-order valence-electron chi connectivity index (χ2n) is 4.43. The maximum Gasteiger partial charge on any atom is 0.165 e. The maximum absolute atomic E-state index is 13.9. The van der Waals surface area contributed by atoms with Crippen LogP contribution in [0, 0.1) is 11.6 Å². The van der Waals surface area contributed by atoms with Gasteiger partial charge in [0.2, 0.25) is 0 Å². The van der Waals surface area contributed by atoms with Crippen molar-refractivity contribution >= 4 is 28.3 Å². The van der Waals surface area contributed by atoms with Crippen molar-refractivity contribution in [2.75, 3.05) is 12.4 Å². The molecule has 0 bridgehead atoms. The third-order valence-corrected chi connectivity index (χ3v) is 3.30. The zero-order chi connectivity index (χ0) is 15.0. The summed E-state index contributed by atoms with van der Waals surface area (Å²) in [6.45, 7) is 0. The molecule has 3 aromatic rings. The molecule has 0 amide bonds. The molecule has 0 aliphatic rings. The van der Waals surface area contributed by atoms with Crippen LogP contribution in [0.2, 0.25) is 5.02 Å². The van der Waals surface area contributed by atoms with Gasteiger partial charge in [-0.25, -0.2) is 18.7 Å². The predicted octanol–water partition coefficient (Wildman–Crippen LogP) is 4.27. The fraction of sp³-hybridized carbons (Fsp3) is 0.0667. The number of anilines is 1. The first kappa shape index (κ1) is 13.7. The van der Waals surface area contributed by atoms with Gasteiger partial charge in [0.05, 0.1) is 11.1 Å². The highest BCUT2D eigenvalue weighted by atomic mass is 35.5. The van der Waals surface area contributed by atoms with Crippen LogP contribution in [0.5, 0.6) is 0 Å². The quantitative estimate of drug-likeness (QED) is 0.768. The van der Waals surface area contributed by atoms with Crippen molar-refractivity contribution in [2.45, 2.75) is 0 Å². The molecule has 2 aromatic carbocycles. The van der Waals surface area contributed by atoms with Crippen molar-refractivity contribution in [3.63, 3.8) is 0 Å². The van der Waals surface area contributed by atoms with Crippen LogP contribution in [0.3, 0.4) is 0 Å². The summed E-state index contributed by atoms with van der Waals surface area (Å²) in [7, 11) is 1.70. The first-order valence-electron chi connectivity index (χ1n) is 6.19. The number of halogens is 3. The molecule has 106 valence electrons. The third-order valence-electron chi connectivity index (χ3n) is 3.07. The molecule has 0 fully saturated rings. The highest BCUT2D eigenvalue weighted by Crippen LogP contribution is 2.28. The lowest BCUT2D eigenvalue weighted by atomic mass is 10.1. The molecular weight excluding hydrogens is 296 g/mol. The summed E-state index contributed by atoms with van der Waals surface area (Å²) >= 11 is 5.96. The molecule has 0 spiro atoms. The highest BCUT2D eigenvalue weighted by molar-refractivity contribution is 6.31. The van der Waals surface area contributed by atoms with Gasteiger partial charge in [-0.15, -0.1) is 0 Å². The van der Waals surface area contributed by atoms with Crippen LogP contribution in [0.1, 0.15) is 0 Å². The minimum absolute atomic E-state index is 0.143. The number of hydrogen-bond acceptors (Lipinski definition) is 3. The van der Waals surface area contributed by atoms with Crippen LogP contribution >= 0.6 is 11.6 Å². The molecule has 0 aliphatic carbocycles. The second kappa shape index (κ2) is 5.26. The van der Waals surface area contributed by atoms with E-state index in [-0.39, 0.29) is 11.4 Å².